The Morgan fingerprint density at radius 3 is 2.76 bits per heavy atom. The summed E-state index contributed by atoms with van der Waals surface area (Å²) in [4.78, 5) is 15.8. The van der Waals surface area contributed by atoms with E-state index in [0.717, 1.165) is 12.8 Å². The van der Waals surface area contributed by atoms with Crippen LogP contribution in [0.25, 0.3) is 5.65 Å². The third kappa shape index (κ3) is 2.71. The van der Waals surface area contributed by atoms with Crippen LogP contribution in [0, 0.1) is 0 Å². The lowest BCUT2D eigenvalue weighted by atomic mass is 10.0. The summed E-state index contributed by atoms with van der Waals surface area (Å²) >= 11 is 0. The number of carbonyl (C=O) groups is 1. The van der Waals surface area contributed by atoms with E-state index in [2.05, 4.69) is 4.98 Å². The summed E-state index contributed by atoms with van der Waals surface area (Å²) in [6.45, 7) is 3.99. The first-order valence-corrected chi connectivity index (χ1v) is 7.07. The summed E-state index contributed by atoms with van der Waals surface area (Å²) < 4.78 is 13.1. The molecule has 3 rings (SSSR count). The first-order valence-electron chi connectivity index (χ1n) is 7.07. The number of ether oxygens (including phenoxy) is 2. The lowest BCUT2D eigenvalue weighted by Gasteiger charge is -2.31. The molecule has 1 aliphatic heterocycles. The average molecular weight is 290 g/mol. The predicted octanol–water partition coefficient (Wildman–Crippen LogP) is 2.37. The Kier molecular flexibility index (Phi) is 3.55. The first kappa shape index (κ1) is 13.9. The molecule has 2 atom stereocenters. The zero-order valence-electron chi connectivity index (χ0n) is 12.0. The lowest BCUT2D eigenvalue weighted by Crippen LogP contribution is -2.36. The molecule has 0 aromatic carbocycles. The van der Waals surface area contributed by atoms with Crippen molar-refractivity contribution in [2.75, 3.05) is 0 Å². The number of carboxylic acid groups (broad SMARTS) is 1. The molecule has 1 saturated heterocycles. The lowest BCUT2D eigenvalue weighted by molar-refractivity contribution is -0.0729. The molecule has 112 valence electrons. The molecule has 2 aromatic rings. The van der Waals surface area contributed by atoms with E-state index in [1.165, 1.54) is 4.40 Å². The average Bonchev–Trinajstić information content (AvgIpc) is 2.75. The number of hydrogen-bond acceptors (Lipinski definition) is 4. The summed E-state index contributed by atoms with van der Waals surface area (Å²) in [6, 6.07) is 5.34. The van der Waals surface area contributed by atoms with Crippen molar-refractivity contribution >= 4 is 11.6 Å². The third-order valence-electron chi connectivity index (χ3n) is 3.63. The van der Waals surface area contributed by atoms with Crippen molar-refractivity contribution < 1.29 is 19.4 Å². The number of pyridine rings is 1. The van der Waals surface area contributed by atoms with Crippen molar-refractivity contribution in [1.82, 2.24) is 9.38 Å². The topological polar surface area (TPSA) is 73.1 Å². The van der Waals surface area contributed by atoms with Gasteiger partial charge in [-0.05, 0) is 26.0 Å². The van der Waals surface area contributed by atoms with Gasteiger partial charge in [0.2, 0.25) is 5.88 Å². The highest BCUT2D eigenvalue weighted by molar-refractivity contribution is 5.89. The predicted molar refractivity (Wildman–Crippen MR) is 75.8 cm³/mol. The Bertz CT molecular complexity index is 657. The highest BCUT2D eigenvalue weighted by Crippen LogP contribution is 2.27. The number of nitrogens with zero attached hydrogens (tertiary/aromatic N) is 2. The van der Waals surface area contributed by atoms with E-state index in [1.807, 2.05) is 19.9 Å². The standard InChI is InChI=1S/C15H18N2O4/c1-9-7-11(8-10(2)20-9)21-14-13(15(18)19)17-6-4-3-5-12(17)16-14/h3-6,9-11H,7-8H2,1-2H3,(H,18,19). The van der Waals surface area contributed by atoms with Gasteiger partial charge in [0.1, 0.15) is 11.8 Å². The van der Waals surface area contributed by atoms with Crippen LogP contribution in [0.5, 0.6) is 5.88 Å². The number of aromatic nitrogens is 2. The molecule has 0 spiro atoms. The monoisotopic (exact) mass is 290 g/mol. The SMILES string of the molecule is CC1CC(Oc2nc3ccccn3c2C(=O)O)CC(C)O1. The molecular formula is C15H18N2O4. The molecule has 3 heterocycles. The summed E-state index contributed by atoms with van der Waals surface area (Å²) in [6.07, 6.45) is 3.27. The van der Waals surface area contributed by atoms with Gasteiger partial charge in [0.05, 0.1) is 12.2 Å². The minimum absolute atomic E-state index is 0.0670. The van der Waals surface area contributed by atoms with E-state index in [4.69, 9.17) is 9.47 Å². The molecule has 2 aromatic heterocycles. The number of hydrogen-bond donors (Lipinski definition) is 1. The Hall–Kier alpha value is -2.08. The Morgan fingerprint density at radius 2 is 2.10 bits per heavy atom. The van der Waals surface area contributed by atoms with E-state index < -0.39 is 5.97 Å². The van der Waals surface area contributed by atoms with Crippen LogP contribution in [0.2, 0.25) is 0 Å². The van der Waals surface area contributed by atoms with E-state index in [1.54, 1.807) is 18.3 Å². The summed E-state index contributed by atoms with van der Waals surface area (Å²) in [5, 5.41) is 9.42. The number of imidazole rings is 1. The van der Waals surface area contributed by atoms with Gasteiger partial charge in [-0.2, -0.15) is 4.98 Å². The van der Waals surface area contributed by atoms with Crippen molar-refractivity contribution in [3.8, 4) is 5.88 Å². The minimum atomic E-state index is -1.04. The second kappa shape index (κ2) is 5.37. The number of carboxylic acids is 1. The molecule has 21 heavy (non-hydrogen) atoms. The van der Waals surface area contributed by atoms with Gasteiger partial charge in [0.25, 0.3) is 0 Å². The van der Waals surface area contributed by atoms with Gasteiger partial charge < -0.3 is 14.6 Å². The molecule has 0 aliphatic carbocycles. The first-order chi connectivity index (χ1) is 10.0. The number of fused-ring (bicyclic) bond motifs is 1. The quantitative estimate of drug-likeness (QED) is 0.939. The van der Waals surface area contributed by atoms with E-state index in [9.17, 15) is 9.90 Å². The molecule has 0 bridgehead atoms. The molecule has 1 fully saturated rings. The van der Waals surface area contributed by atoms with Crippen LogP contribution in [0.15, 0.2) is 24.4 Å². The number of rotatable bonds is 3. The van der Waals surface area contributed by atoms with Gasteiger partial charge in [0, 0.05) is 19.0 Å². The minimum Gasteiger partial charge on any atom is -0.476 e. The molecule has 0 amide bonds. The molecule has 1 N–H and O–H groups in total. The van der Waals surface area contributed by atoms with Crippen molar-refractivity contribution in [2.24, 2.45) is 0 Å². The maximum absolute atomic E-state index is 11.5. The van der Waals surface area contributed by atoms with Gasteiger partial charge in [-0.15, -0.1) is 0 Å². The fourth-order valence-electron chi connectivity index (χ4n) is 2.85. The van der Waals surface area contributed by atoms with Crippen LogP contribution >= 0.6 is 0 Å². The van der Waals surface area contributed by atoms with Gasteiger partial charge in [-0.1, -0.05) is 6.07 Å². The normalized spacial score (nSPS) is 25.9. The van der Waals surface area contributed by atoms with Crippen molar-refractivity contribution in [1.29, 1.82) is 0 Å². The third-order valence-corrected chi connectivity index (χ3v) is 3.63. The van der Waals surface area contributed by atoms with Crippen LogP contribution in [-0.2, 0) is 4.74 Å². The summed E-state index contributed by atoms with van der Waals surface area (Å²) in [7, 11) is 0. The van der Waals surface area contributed by atoms with E-state index >= 15 is 0 Å². The molecule has 2 unspecified atom stereocenters. The zero-order chi connectivity index (χ0) is 15.0. The number of aromatic carboxylic acids is 1. The Morgan fingerprint density at radius 1 is 1.38 bits per heavy atom. The molecule has 6 nitrogen and oxygen atoms in total. The van der Waals surface area contributed by atoms with Gasteiger partial charge in [0.15, 0.2) is 5.69 Å². The highest BCUT2D eigenvalue weighted by atomic mass is 16.5. The van der Waals surface area contributed by atoms with Crippen LogP contribution in [0.1, 0.15) is 37.2 Å². The highest BCUT2D eigenvalue weighted by Gasteiger charge is 2.29. The second-order valence-corrected chi connectivity index (χ2v) is 5.47. The summed E-state index contributed by atoms with van der Waals surface area (Å²) in [5.74, 6) is -0.864. The van der Waals surface area contributed by atoms with E-state index in [-0.39, 0.29) is 29.9 Å². The maximum atomic E-state index is 11.5. The van der Waals surface area contributed by atoms with Crippen molar-refractivity contribution in [3.05, 3.63) is 30.1 Å². The molecule has 1 aliphatic rings. The fraction of sp³-hybridized carbons (Fsp3) is 0.467. The molecule has 0 radical (unpaired) electrons. The van der Waals surface area contributed by atoms with Crippen LogP contribution in [0.4, 0.5) is 0 Å². The van der Waals surface area contributed by atoms with E-state index in [0.29, 0.717) is 5.65 Å². The van der Waals surface area contributed by atoms with Gasteiger partial charge in [-0.25, -0.2) is 4.79 Å². The maximum Gasteiger partial charge on any atom is 0.358 e. The zero-order valence-corrected chi connectivity index (χ0v) is 12.0. The summed E-state index contributed by atoms with van der Waals surface area (Å²) in [5.41, 5.74) is 0.635. The molecule has 0 saturated carbocycles. The van der Waals surface area contributed by atoms with Gasteiger partial charge in [-0.3, -0.25) is 4.40 Å². The molecule has 6 heteroatoms. The van der Waals surface area contributed by atoms with Crippen molar-refractivity contribution in [2.45, 2.75) is 45.0 Å². The second-order valence-electron chi connectivity index (χ2n) is 5.47. The largest absolute Gasteiger partial charge is 0.476 e. The van der Waals surface area contributed by atoms with Crippen LogP contribution in [0.3, 0.4) is 0 Å². The Balaban J connectivity index is 1.93. The van der Waals surface area contributed by atoms with Crippen LogP contribution in [-0.4, -0.2) is 38.8 Å². The molecular weight excluding hydrogens is 272 g/mol. The van der Waals surface area contributed by atoms with Gasteiger partial charge >= 0.3 is 5.97 Å². The fourth-order valence-corrected chi connectivity index (χ4v) is 2.85. The Labute approximate surface area is 122 Å². The van der Waals surface area contributed by atoms with Crippen molar-refractivity contribution in [3.63, 3.8) is 0 Å². The smallest absolute Gasteiger partial charge is 0.358 e. The van der Waals surface area contributed by atoms with Crippen LogP contribution < -0.4 is 4.74 Å².